The summed E-state index contributed by atoms with van der Waals surface area (Å²) in [4.78, 5) is 6.77. The van der Waals surface area contributed by atoms with Gasteiger partial charge in [0.05, 0.1) is 10.0 Å². The van der Waals surface area contributed by atoms with Gasteiger partial charge >= 0.3 is 0 Å². The summed E-state index contributed by atoms with van der Waals surface area (Å²) < 4.78 is 0. The van der Waals surface area contributed by atoms with Crippen LogP contribution >= 0.6 is 23.2 Å². The first-order valence-corrected chi connectivity index (χ1v) is 7.75. The molecule has 112 valence electrons. The van der Waals surface area contributed by atoms with Gasteiger partial charge in [0, 0.05) is 18.6 Å². The van der Waals surface area contributed by atoms with Crippen LogP contribution in [0.3, 0.4) is 0 Å². The first-order valence-electron chi connectivity index (χ1n) is 7.00. The Morgan fingerprint density at radius 1 is 1.20 bits per heavy atom. The van der Waals surface area contributed by atoms with Crippen molar-refractivity contribution in [3.8, 4) is 0 Å². The van der Waals surface area contributed by atoms with Crippen molar-refractivity contribution >= 4 is 34.8 Å². The third-order valence-electron chi connectivity index (χ3n) is 4.09. The van der Waals surface area contributed by atoms with Gasteiger partial charge in [-0.05, 0) is 46.3 Å². The van der Waals surface area contributed by atoms with E-state index < -0.39 is 0 Å². The quantitative estimate of drug-likeness (QED) is 0.839. The molecule has 20 heavy (non-hydrogen) atoms. The predicted molar refractivity (Wildman–Crippen MR) is 87.2 cm³/mol. The Labute approximate surface area is 130 Å². The van der Waals surface area contributed by atoms with E-state index >= 15 is 0 Å². The van der Waals surface area contributed by atoms with Crippen molar-refractivity contribution in [2.75, 3.05) is 37.8 Å². The number of nitrogens with one attached hydrogen (secondary N) is 2. The van der Waals surface area contributed by atoms with Gasteiger partial charge in [-0.15, -0.1) is 0 Å². The summed E-state index contributed by atoms with van der Waals surface area (Å²) in [5.74, 6) is 1.37. The monoisotopic (exact) mass is 316 g/mol. The number of aromatic nitrogens is 1. The van der Waals surface area contributed by atoms with Gasteiger partial charge in [-0.1, -0.05) is 23.2 Å². The average Bonchev–Trinajstić information content (AvgIpc) is 2.32. The normalized spacial score (nSPS) is 16.9. The zero-order valence-corrected chi connectivity index (χ0v) is 13.8. The lowest BCUT2D eigenvalue weighted by atomic mass is 9.75. The molecule has 0 radical (unpaired) electrons. The third-order valence-corrected chi connectivity index (χ3v) is 4.67. The SMILES string of the molecule is CCNc1nc(NCC2(N(C)C)CCC2)c(Cl)cc1Cl. The highest BCUT2D eigenvalue weighted by Gasteiger charge is 2.38. The molecule has 1 fully saturated rings. The highest BCUT2D eigenvalue weighted by Crippen LogP contribution is 2.37. The number of hydrogen-bond acceptors (Lipinski definition) is 4. The van der Waals surface area contributed by atoms with Crippen molar-refractivity contribution in [3.63, 3.8) is 0 Å². The molecule has 0 spiro atoms. The number of nitrogens with zero attached hydrogens (tertiary/aromatic N) is 2. The Balaban J connectivity index is 2.11. The molecule has 0 unspecified atom stereocenters. The standard InChI is InChI=1S/C14H22Cl2N4/c1-4-17-12-10(15)8-11(16)13(19-12)18-9-14(20(2)3)6-5-7-14/h8H,4-7,9H2,1-3H3,(H2,17,18,19). The summed E-state index contributed by atoms with van der Waals surface area (Å²) in [6.07, 6.45) is 3.70. The van der Waals surface area contributed by atoms with Crippen LogP contribution in [0.25, 0.3) is 0 Å². The largest absolute Gasteiger partial charge is 0.369 e. The second-order valence-corrected chi connectivity index (χ2v) is 6.32. The second-order valence-electron chi connectivity index (χ2n) is 5.51. The molecule has 6 heteroatoms. The Morgan fingerprint density at radius 2 is 1.80 bits per heavy atom. The molecule has 1 heterocycles. The van der Waals surface area contributed by atoms with Crippen LogP contribution in [0.5, 0.6) is 0 Å². The summed E-state index contributed by atoms with van der Waals surface area (Å²) in [5, 5.41) is 7.63. The lowest BCUT2D eigenvalue weighted by Crippen LogP contribution is -2.54. The molecule has 1 aromatic rings. The van der Waals surface area contributed by atoms with Gasteiger partial charge in [0.1, 0.15) is 11.6 Å². The van der Waals surface area contributed by atoms with Gasteiger partial charge in [-0.2, -0.15) is 0 Å². The number of rotatable bonds is 6. The van der Waals surface area contributed by atoms with Gasteiger partial charge < -0.3 is 15.5 Å². The fourth-order valence-electron chi connectivity index (χ4n) is 2.50. The second kappa shape index (κ2) is 6.37. The van der Waals surface area contributed by atoms with Crippen molar-refractivity contribution in [1.82, 2.24) is 9.88 Å². The van der Waals surface area contributed by atoms with E-state index in [1.54, 1.807) is 6.07 Å². The molecule has 1 aliphatic carbocycles. The number of pyridine rings is 1. The predicted octanol–water partition coefficient (Wildman–Crippen LogP) is 3.72. The summed E-state index contributed by atoms with van der Waals surface area (Å²) in [6.45, 7) is 3.63. The fourth-order valence-corrected chi connectivity index (χ4v) is 2.99. The minimum absolute atomic E-state index is 0.225. The highest BCUT2D eigenvalue weighted by atomic mass is 35.5. The Kier molecular flexibility index (Phi) is 4.99. The highest BCUT2D eigenvalue weighted by molar-refractivity contribution is 6.37. The number of halogens is 2. The Hall–Kier alpha value is -0.710. The molecular weight excluding hydrogens is 295 g/mol. The smallest absolute Gasteiger partial charge is 0.147 e. The lowest BCUT2D eigenvalue weighted by molar-refractivity contribution is 0.0738. The van der Waals surface area contributed by atoms with Crippen LogP contribution in [-0.2, 0) is 0 Å². The molecule has 0 amide bonds. The van der Waals surface area contributed by atoms with E-state index in [1.807, 2.05) is 6.92 Å². The maximum atomic E-state index is 6.22. The molecule has 1 aliphatic rings. The van der Waals surface area contributed by atoms with E-state index in [2.05, 4.69) is 34.6 Å². The van der Waals surface area contributed by atoms with E-state index in [4.69, 9.17) is 23.2 Å². The maximum Gasteiger partial charge on any atom is 0.147 e. The van der Waals surface area contributed by atoms with Crippen LogP contribution in [-0.4, -0.2) is 42.6 Å². The van der Waals surface area contributed by atoms with Crippen molar-refractivity contribution in [2.45, 2.75) is 31.7 Å². The first kappa shape index (κ1) is 15.7. The van der Waals surface area contributed by atoms with Crippen LogP contribution in [0.15, 0.2) is 6.07 Å². The first-order chi connectivity index (χ1) is 9.48. The molecule has 1 saturated carbocycles. The van der Waals surface area contributed by atoms with Crippen molar-refractivity contribution in [2.24, 2.45) is 0 Å². The van der Waals surface area contributed by atoms with Crippen LogP contribution in [0.4, 0.5) is 11.6 Å². The zero-order chi connectivity index (χ0) is 14.8. The van der Waals surface area contributed by atoms with E-state index in [0.717, 1.165) is 13.1 Å². The number of likely N-dealkylation sites (N-methyl/N-ethyl adjacent to an activating group) is 1. The van der Waals surface area contributed by atoms with E-state index in [-0.39, 0.29) is 5.54 Å². The van der Waals surface area contributed by atoms with Crippen LogP contribution in [0.2, 0.25) is 10.0 Å². The molecule has 2 rings (SSSR count). The maximum absolute atomic E-state index is 6.22. The minimum Gasteiger partial charge on any atom is -0.369 e. The summed E-state index contributed by atoms with van der Waals surface area (Å²) in [6, 6.07) is 1.74. The molecule has 0 atom stereocenters. The van der Waals surface area contributed by atoms with Gasteiger partial charge in [-0.3, -0.25) is 0 Å². The van der Waals surface area contributed by atoms with E-state index in [0.29, 0.717) is 21.7 Å². The molecule has 1 aromatic heterocycles. The average molecular weight is 317 g/mol. The summed E-state index contributed by atoms with van der Waals surface area (Å²) >= 11 is 12.3. The molecule has 2 N–H and O–H groups in total. The van der Waals surface area contributed by atoms with Gasteiger partial charge in [-0.25, -0.2) is 4.98 Å². The zero-order valence-electron chi connectivity index (χ0n) is 12.3. The van der Waals surface area contributed by atoms with Gasteiger partial charge in [0.15, 0.2) is 0 Å². The van der Waals surface area contributed by atoms with Crippen molar-refractivity contribution in [1.29, 1.82) is 0 Å². The summed E-state index contributed by atoms with van der Waals surface area (Å²) in [5.41, 5.74) is 0.225. The van der Waals surface area contributed by atoms with Crippen LogP contribution in [0.1, 0.15) is 26.2 Å². The molecule has 0 saturated heterocycles. The number of anilines is 2. The molecule has 0 aliphatic heterocycles. The number of hydrogen-bond donors (Lipinski definition) is 2. The Bertz CT molecular complexity index is 472. The molecule has 0 bridgehead atoms. The fraction of sp³-hybridized carbons (Fsp3) is 0.643. The van der Waals surface area contributed by atoms with E-state index in [1.165, 1.54) is 19.3 Å². The Morgan fingerprint density at radius 3 is 2.25 bits per heavy atom. The molecule has 4 nitrogen and oxygen atoms in total. The van der Waals surface area contributed by atoms with Crippen LogP contribution in [0, 0.1) is 0 Å². The van der Waals surface area contributed by atoms with Crippen molar-refractivity contribution in [3.05, 3.63) is 16.1 Å². The third kappa shape index (κ3) is 3.13. The minimum atomic E-state index is 0.225. The topological polar surface area (TPSA) is 40.2 Å². The van der Waals surface area contributed by atoms with E-state index in [9.17, 15) is 0 Å². The molecule has 0 aromatic carbocycles. The molecular formula is C14H22Cl2N4. The van der Waals surface area contributed by atoms with Gasteiger partial charge in [0.2, 0.25) is 0 Å². The summed E-state index contributed by atoms with van der Waals surface area (Å²) in [7, 11) is 4.25. The lowest BCUT2D eigenvalue weighted by Gasteiger charge is -2.47. The van der Waals surface area contributed by atoms with Gasteiger partial charge in [0.25, 0.3) is 0 Å². The van der Waals surface area contributed by atoms with Crippen LogP contribution < -0.4 is 10.6 Å². The van der Waals surface area contributed by atoms with Crippen molar-refractivity contribution < 1.29 is 0 Å².